The van der Waals surface area contributed by atoms with Crippen LogP contribution in [0.1, 0.15) is 12.5 Å². The molecule has 3 aromatic rings. The fourth-order valence-corrected chi connectivity index (χ4v) is 2.73. The fraction of sp³-hybridized carbons (Fsp3) is 0.0870. The molecular formula is C23H22N4O3. The van der Waals surface area contributed by atoms with Gasteiger partial charge in [0.25, 0.3) is 0 Å². The fourth-order valence-electron chi connectivity index (χ4n) is 2.73. The minimum Gasteiger partial charge on any atom is -0.457 e. The second-order valence-electron chi connectivity index (χ2n) is 6.50. The van der Waals surface area contributed by atoms with Crippen molar-refractivity contribution in [3.05, 3.63) is 79.0 Å². The molecule has 0 saturated carbocycles. The van der Waals surface area contributed by atoms with Crippen LogP contribution in [0.15, 0.2) is 73.4 Å². The van der Waals surface area contributed by atoms with Crippen LogP contribution in [0.25, 0.3) is 0 Å². The molecule has 0 atom stereocenters. The number of hydrogen-bond acceptors (Lipinski definition) is 5. The molecule has 0 saturated heterocycles. The van der Waals surface area contributed by atoms with E-state index in [-0.39, 0.29) is 11.8 Å². The summed E-state index contributed by atoms with van der Waals surface area (Å²) in [7, 11) is 0. The Hall–Kier alpha value is -4.13. The van der Waals surface area contributed by atoms with E-state index in [1.807, 2.05) is 31.2 Å². The van der Waals surface area contributed by atoms with Crippen LogP contribution < -0.4 is 20.7 Å². The van der Waals surface area contributed by atoms with Crippen LogP contribution in [-0.4, -0.2) is 16.8 Å². The molecule has 0 aliphatic carbocycles. The van der Waals surface area contributed by atoms with E-state index in [2.05, 4.69) is 27.5 Å². The van der Waals surface area contributed by atoms with Crippen molar-refractivity contribution in [2.45, 2.75) is 13.8 Å². The topological polar surface area (TPSA) is 92.4 Å². The maximum absolute atomic E-state index is 11.6. The highest BCUT2D eigenvalue weighted by Crippen LogP contribution is 2.29. The minimum atomic E-state index is -0.299. The maximum atomic E-state index is 11.6. The van der Waals surface area contributed by atoms with Crippen LogP contribution in [0, 0.1) is 6.92 Å². The summed E-state index contributed by atoms with van der Waals surface area (Å²) < 4.78 is 5.93. The Bertz CT molecular complexity index is 1100. The number of nitrogens with one attached hydrogen (secondary N) is 3. The molecule has 7 nitrogen and oxygen atoms in total. The van der Waals surface area contributed by atoms with E-state index < -0.39 is 0 Å². The molecule has 0 spiro atoms. The van der Waals surface area contributed by atoms with Crippen LogP contribution in [0.2, 0.25) is 0 Å². The molecule has 2 aromatic carbocycles. The molecule has 152 valence electrons. The Kier molecular flexibility index (Phi) is 6.44. The summed E-state index contributed by atoms with van der Waals surface area (Å²) >= 11 is 0. The lowest BCUT2D eigenvalue weighted by atomic mass is 10.2. The average molecular weight is 402 g/mol. The molecule has 2 amide bonds. The van der Waals surface area contributed by atoms with Gasteiger partial charge in [-0.15, -0.1) is 0 Å². The van der Waals surface area contributed by atoms with Crippen molar-refractivity contribution in [2.75, 3.05) is 16.0 Å². The van der Waals surface area contributed by atoms with Gasteiger partial charge in [-0.2, -0.15) is 0 Å². The van der Waals surface area contributed by atoms with E-state index in [9.17, 15) is 9.59 Å². The van der Waals surface area contributed by atoms with Crippen molar-refractivity contribution in [2.24, 2.45) is 0 Å². The highest BCUT2D eigenvalue weighted by atomic mass is 16.5. The Labute approximate surface area is 174 Å². The van der Waals surface area contributed by atoms with E-state index in [1.165, 1.54) is 13.0 Å². The zero-order valence-electron chi connectivity index (χ0n) is 16.7. The van der Waals surface area contributed by atoms with Crippen molar-refractivity contribution in [1.82, 2.24) is 4.98 Å². The second-order valence-corrected chi connectivity index (χ2v) is 6.50. The number of rotatable bonds is 7. The molecule has 0 radical (unpaired) electrons. The van der Waals surface area contributed by atoms with Crippen LogP contribution in [0.4, 0.5) is 22.9 Å². The number of hydrogen-bond donors (Lipinski definition) is 3. The first kappa shape index (κ1) is 20.6. The monoisotopic (exact) mass is 402 g/mol. The molecule has 0 fully saturated rings. The predicted octanol–water partition coefficient (Wildman–Crippen LogP) is 5.01. The van der Waals surface area contributed by atoms with Gasteiger partial charge in [0.2, 0.25) is 11.8 Å². The second kappa shape index (κ2) is 9.38. The first-order valence-corrected chi connectivity index (χ1v) is 9.26. The van der Waals surface area contributed by atoms with Gasteiger partial charge in [-0.1, -0.05) is 18.7 Å². The van der Waals surface area contributed by atoms with Crippen molar-refractivity contribution in [3.8, 4) is 11.5 Å². The van der Waals surface area contributed by atoms with Gasteiger partial charge in [-0.3, -0.25) is 9.59 Å². The standard InChI is InChI=1S/C23H22N4O3/c1-4-23(29)27-21-8-6-5-7-20(21)26-22-14-18(11-12-24-22)30-17-9-10-19(15(2)13-17)25-16(3)28/h4-14H,1H2,2-3H3,(H,24,26)(H,25,28)(H,27,29). The molecule has 0 aliphatic rings. The number of benzene rings is 2. The van der Waals surface area contributed by atoms with Gasteiger partial charge >= 0.3 is 0 Å². The van der Waals surface area contributed by atoms with Crippen molar-refractivity contribution in [1.29, 1.82) is 0 Å². The lowest BCUT2D eigenvalue weighted by molar-refractivity contribution is -0.114. The molecule has 3 rings (SSSR count). The number of nitrogens with zero attached hydrogens (tertiary/aromatic N) is 1. The molecular weight excluding hydrogens is 380 g/mol. The van der Waals surface area contributed by atoms with Gasteiger partial charge in [-0.05, 0) is 55.0 Å². The number of anilines is 4. The number of amides is 2. The van der Waals surface area contributed by atoms with Crippen molar-refractivity contribution in [3.63, 3.8) is 0 Å². The molecule has 30 heavy (non-hydrogen) atoms. The zero-order valence-corrected chi connectivity index (χ0v) is 16.7. The van der Waals surface area contributed by atoms with E-state index >= 15 is 0 Å². The van der Waals surface area contributed by atoms with Gasteiger partial charge in [-0.25, -0.2) is 4.98 Å². The number of ether oxygens (including phenoxy) is 1. The normalized spacial score (nSPS) is 10.1. The van der Waals surface area contributed by atoms with E-state index in [0.717, 1.165) is 11.3 Å². The third-order valence-corrected chi connectivity index (χ3v) is 4.11. The molecule has 0 unspecified atom stereocenters. The Morgan fingerprint density at radius 3 is 2.40 bits per heavy atom. The SMILES string of the molecule is C=CC(=O)Nc1ccccc1Nc1cc(Oc2ccc(NC(C)=O)c(C)c2)ccn1. The number of carbonyl (C=O) groups is 2. The van der Waals surface area contributed by atoms with Gasteiger partial charge in [0.15, 0.2) is 0 Å². The summed E-state index contributed by atoms with van der Waals surface area (Å²) in [4.78, 5) is 27.2. The summed E-state index contributed by atoms with van der Waals surface area (Å²) in [6.07, 6.45) is 2.84. The Morgan fingerprint density at radius 2 is 1.70 bits per heavy atom. The number of para-hydroxylation sites is 2. The summed E-state index contributed by atoms with van der Waals surface area (Å²) in [5, 5.41) is 8.71. The lowest BCUT2D eigenvalue weighted by Gasteiger charge is -2.13. The number of aromatic nitrogens is 1. The summed E-state index contributed by atoms with van der Waals surface area (Å²) in [6.45, 7) is 6.83. The highest BCUT2D eigenvalue weighted by molar-refractivity contribution is 6.01. The largest absolute Gasteiger partial charge is 0.457 e. The molecule has 1 aromatic heterocycles. The van der Waals surface area contributed by atoms with Crippen LogP contribution in [0.5, 0.6) is 11.5 Å². The number of carbonyl (C=O) groups excluding carboxylic acids is 2. The maximum Gasteiger partial charge on any atom is 0.247 e. The summed E-state index contributed by atoms with van der Waals surface area (Å²) in [6, 6.07) is 16.2. The summed E-state index contributed by atoms with van der Waals surface area (Å²) in [5.74, 6) is 1.36. The number of pyridine rings is 1. The zero-order chi connectivity index (χ0) is 21.5. The Balaban J connectivity index is 1.76. The predicted molar refractivity (Wildman–Crippen MR) is 118 cm³/mol. The highest BCUT2D eigenvalue weighted by Gasteiger charge is 2.07. The third-order valence-electron chi connectivity index (χ3n) is 4.11. The third kappa shape index (κ3) is 5.45. The Morgan fingerprint density at radius 1 is 0.967 bits per heavy atom. The van der Waals surface area contributed by atoms with Crippen LogP contribution in [-0.2, 0) is 9.59 Å². The first-order chi connectivity index (χ1) is 14.4. The van der Waals surface area contributed by atoms with Crippen molar-refractivity contribution < 1.29 is 14.3 Å². The number of aryl methyl sites for hydroxylation is 1. The van der Waals surface area contributed by atoms with Crippen LogP contribution in [0.3, 0.4) is 0 Å². The quantitative estimate of drug-likeness (QED) is 0.483. The van der Waals surface area contributed by atoms with E-state index in [1.54, 1.807) is 36.5 Å². The van der Waals surface area contributed by atoms with Gasteiger partial charge in [0.1, 0.15) is 17.3 Å². The van der Waals surface area contributed by atoms with Gasteiger partial charge in [0, 0.05) is 24.9 Å². The minimum absolute atomic E-state index is 0.124. The van der Waals surface area contributed by atoms with E-state index in [4.69, 9.17) is 4.74 Å². The van der Waals surface area contributed by atoms with E-state index in [0.29, 0.717) is 28.7 Å². The summed E-state index contributed by atoms with van der Waals surface area (Å²) in [5.41, 5.74) is 2.93. The first-order valence-electron chi connectivity index (χ1n) is 9.26. The van der Waals surface area contributed by atoms with Gasteiger partial charge in [0.05, 0.1) is 11.4 Å². The lowest BCUT2D eigenvalue weighted by Crippen LogP contribution is -2.09. The van der Waals surface area contributed by atoms with Crippen LogP contribution >= 0.6 is 0 Å². The smallest absolute Gasteiger partial charge is 0.247 e. The molecule has 7 heteroatoms. The van der Waals surface area contributed by atoms with Crippen molar-refractivity contribution >= 4 is 34.7 Å². The average Bonchev–Trinajstić information content (AvgIpc) is 2.71. The molecule has 3 N–H and O–H groups in total. The van der Waals surface area contributed by atoms with Gasteiger partial charge < -0.3 is 20.7 Å². The molecule has 0 bridgehead atoms. The molecule has 0 aliphatic heterocycles. The molecule has 1 heterocycles.